The van der Waals surface area contributed by atoms with Crippen molar-refractivity contribution in [3.63, 3.8) is 0 Å². The molecule has 21 heavy (non-hydrogen) atoms. The van der Waals surface area contributed by atoms with Crippen molar-refractivity contribution in [1.29, 1.82) is 5.26 Å². The highest BCUT2D eigenvalue weighted by Gasteiger charge is 2.22. The van der Waals surface area contributed by atoms with Crippen molar-refractivity contribution in [3.8, 4) is 17.3 Å². The van der Waals surface area contributed by atoms with Gasteiger partial charge in [0, 0.05) is 24.1 Å². The third-order valence-corrected chi connectivity index (χ3v) is 5.10. The molecule has 1 fully saturated rings. The second-order valence-corrected chi connectivity index (χ2v) is 7.00. The molecule has 1 aromatic heterocycles. The van der Waals surface area contributed by atoms with Gasteiger partial charge in [0.1, 0.15) is 11.8 Å². The molecule has 108 valence electrons. The topological polar surface area (TPSA) is 50.0 Å². The Bertz CT molecular complexity index is 668. The average molecular weight is 299 g/mol. The van der Waals surface area contributed by atoms with Crippen molar-refractivity contribution in [1.82, 2.24) is 10.0 Å². The fraction of sp³-hybridized carbons (Fsp3) is 0.312. The summed E-state index contributed by atoms with van der Waals surface area (Å²) in [6, 6.07) is 15.0. The summed E-state index contributed by atoms with van der Waals surface area (Å²) < 4.78 is 7.62. The lowest BCUT2D eigenvalue weighted by atomic mass is 10.1. The molecule has 1 N–H and O–H groups in total. The van der Waals surface area contributed by atoms with Crippen LogP contribution in [0.2, 0.25) is 0 Å². The molecule has 0 amide bonds. The van der Waals surface area contributed by atoms with Crippen molar-refractivity contribution in [2.45, 2.75) is 18.9 Å². The van der Waals surface area contributed by atoms with Crippen LogP contribution in [0.25, 0.3) is 11.3 Å². The molecule has 0 aliphatic heterocycles. The monoisotopic (exact) mass is 299 g/mol. The third kappa shape index (κ3) is 3.16. The smallest absolute Gasteiger partial charge is 0.120 e. The summed E-state index contributed by atoms with van der Waals surface area (Å²) in [6.07, 6.45) is 2.44. The fourth-order valence-corrected chi connectivity index (χ4v) is 3.14. The normalized spacial score (nSPS) is 15.7. The van der Waals surface area contributed by atoms with Crippen LogP contribution in [0.4, 0.5) is 0 Å². The fourth-order valence-electron chi connectivity index (χ4n) is 2.16. The number of hydrogen-bond acceptors (Lipinski definition) is 3. The number of hydroxylamine groups is 1. The Labute approximate surface area is 126 Å². The standard InChI is InChI=1S/C16H18N3OP/c1-19-14(11-17)7-10-16(19)12-3-8-15(9-4-12)21(2)20-18-13-5-6-13/h3-4,7-10,13,18H,5-6H2,1-2H3. The van der Waals surface area contributed by atoms with E-state index in [1.54, 1.807) is 0 Å². The van der Waals surface area contributed by atoms with Crippen LogP contribution < -0.4 is 10.8 Å². The molecule has 1 aliphatic carbocycles. The Morgan fingerprint density at radius 2 is 1.95 bits per heavy atom. The van der Waals surface area contributed by atoms with Gasteiger partial charge in [0.2, 0.25) is 0 Å². The Morgan fingerprint density at radius 3 is 2.52 bits per heavy atom. The van der Waals surface area contributed by atoms with Crippen molar-refractivity contribution < 1.29 is 4.62 Å². The molecule has 0 bridgehead atoms. The molecular formula is C16H18N3OP. The lowest BCUT2D eigenvalue weighted by Gasteiger charge is -2.13. The first-order chi connectivity index (χ1) is 10.2. The predicted molar refractivity (Wildman–Crippen MR) is 85.3 cm³/mol. The van der Waals surface area contributed by atoms with Gasteiger partial charge in [0.15, 0.2) is 0 Å². The average Bonchev–Trinajstić information content (AvgIpc) is 3.27. The molecule has 3 rings (SSSR count). The van der Waals surface area contributed by atoms with E-state index in [2.05, 4.69) is 42.5 Å². The van der Waals surface area contributed by atoms with Gasteiger partial charge in [0.25, 0.3) is 0 Å². The first kappa shape index (κ1) is 14.3. The zero-order valence-corrected chi connectivity index (χ0v) is 13.1. The Balaban J connectivity index is 1.73. The SMILES string of the molecule is Cn1c(C#N)ccc1-c1ccc(P(C)ONC2CC2)cc1. The zero-order chi connectivity index (χ0) is 14.8. The molecule has 1 unspecified atom stereocenters. The van der Waals surface area contributed by atoms with Gasteiger partial charge in [0.05, 0.1) is 8.15 Å². The third-order valence-electron chi connectivity index (χ3n) is 3.70. The summed E-state index contributed by atoms with van der Waals surface area (Å²) in [6.45, 7) is 2.11. The predicted octanol–water partition coefficient (Wildman–Crippen LogP) is 2.90. The van der Waals surface area contributed by atoms with E-state index in [1.807, 2.05) is 23.7 Å². The molecule has 1 saturated carbocycles. The number of nitrogens with zero attached hydrogens (tertiary/aromatic N) is 2. The van der Waals surface area contributed by atoms with Crippen LogP contribution in [0.5, 0.6) is 0 Å². The quantitative estimate of drug-likeness (QED) is 0.682. The molecule has 2 aromatic rings. The van der Waals surface area contributed by atoms with E-state index in [4.69, 9.17) is 9.89 Å². The summed E-state index contributed by atoms with van der Waals surface area (Å²) in [5, 5.41) is 10.2. The maximum Gasteiger partial charge on any atom is 0.120 e. The minimum absolute atomic E-state index is 0.557. The van der Waals surface area contributed by atoms with Gasteiger partial charge in [-0.15, -0.1) is 0 Å². The second-order valence-electron chi connectivity index (χ2n) is 5.30. The first-order valence-corrected chi connectivity index (χ1v) is 8.72. The maximum atomic E-state index is 9.01. The largest absolute Gasteiger partial charge is 0.335 e. The van der Waals surface area contributed by atoms with Gasteiger partial charge >= 0.3 is 0 Å². The van der Waals surface area contributed by atoms with Gasteiger partial charge in [-0.3, -0.25) is 4.62 Å². The van der Waals surface area contributed by atoms with E-state index in [0.29, 0.717) is 11.7 Å². The molecular weight excluding hydrogens is 281 g/mol. The van der Waals surface area contributed by atoms with Crippen molar-refractivity contribution >= 4 is 13.5 Å². The number of aromatic nitrogens is 1. The van der Waals surface area contributed by atoms with Gasteiger partial charge in [-0.2, -0.15) is 10.7 Å². The Morgan fingerprint density at radius 1 is 1.24 bits per heavy atom. The van der Waals surface area contributed by atoms with Gasteiger partial charge in [-0.25, -0.2) is 0 Å². The van der Waals surface area contributed by atoms with Crippen molar-refractivity contribution in [3.05, 3.63) is 42.1 Å². The minimum Gasteiger partial charge on any atom is -0.335 e. The summed E-state index contributed by atoms with van der Waals surface area (Å²) in [7, 11) is 1.29. The Kier molecular flexibility index (Phi) is 4.07. The highest BCUT2D eigenvalue weighted by atomic mass is 31.1. The van der Waals surface area contributed by atoms with Gasteiger partial charge in [-0.1, -0.05) is 24.3 Å². The van der Waals surface area contributed by atoms with E-state index in [0.717, 1.165) is 11.3 Å². The number of hydrogen-bond donors (Lipinski definition) is 1. The Hall–Kier alpha value is -1.66. The van der Waals surface area contributed by atoms with E-state index < -0.39 is 8.15 Å². The maximum absolute atomic E-state index is 9.01. The van der Waals surface area contributed by atoms with Crippen LogP contribution in [0.1, 0.15) is 18.5 Å². The van der Waals surface area contributed by atoms with Crippen molar-refractivity contribution in [2.24, 2.45) is 7.05 Å². The molecule has 1 aliphatic rings. The van der Waals surface area contributed by atoms with E-state index in [-0.39, 0.29) is 0 Å². The van der Waals surface area contributed by atoms with E-state index in [9.17, 15) is 0 Å². The first-order valence-electron chi connectivity index (χ1n) is 7.01. The molecule has 1 heterocycles. The van der Waals surface area contributed by atoms with Crippen LogP contribution in [-0.4, -0.2) is 17.3 Å². The van der Waals surface area contributed by atoms with Gasteiger partial charge in [-0.05, 0) is 37.2 Å². The highest BCUT2D eigenvalue weighted by Crippen LogP contribution is 2.32. The lowest BCUT2D eigenvalue weighted by molar-refractivity contribution is 0.219. The summed E-state index contributed by atoms with van der Waals surface area (Å²) in [5.74, 6) is 0. The molecule has 4 nitrogen and oxygen atoms in total. The van der Waals surface area contributed by atoms with Crippen LogP contribution in [0.15, 0.2) is 36.4 Å². The summed E-state index contributed by atoms with van der Waals surface area (Å²) in [4.78, 5) is 0. The van der Waals surface area contributed by atoms with E-state index in [1.165, 1.54) is 18.1 Å². The molecule has 5 heteroatoms. The number of benzene rings is 1. The van der Waals surface area contributed by atoms with Crippen LogP contribution in [0.3, 0.4) is 0 Å². The number of rotatable bonds is 5. The highest BCUT2D eigenvalue weighted by molar-refractivity contribution is 7.60. The number of nitriles is 1. The van der Waals surface area contributed by atoms with Crippen LogP contribution in [-0.2, 0) is 11.7 Å². The zero-order valence-electron chi connectivity index (χ0n) is 12.2. The lowest BCUT2D eigenvalue weighted by Crippen LogP contribution is -2.16. The molecule has 1 aromatic carbocycles. The minimum atomic E-state index is -0.625. The van der Waals surface area contributed by atoms with Crippen LogP contribution in [0, 0.1) is 11.3 Å². The van der Waals surface area contributed by atoms with Gasteiger partial charge < -0.3 is 4.57 Å². The number of nitrogens with one attached hydrogen (secondary N) is 1. The van der Waals surface area contributed by atoms with E-state index >= 15 is 0 Å². The molecule has 1 atom stereocenters. The molecule has 0 saturated heterocycles. The second kappa shape index (κ2) is 5.99. The summed E-state index contributed by atoms with van der Waals surface area (Å²) >= 11 is 0. The van der Waals surface area contributed by atoms with Crippen molar-refractivity contribution in [2.75, 3.05) is 6.66 Å². The molecule has 0 spiro atoms. The molecule has 0 radical (unpaired) electrons. The van der Waals surface area contributed by atoms with Crippen LogP contribution >= 0.6 is 8.15 Å². The summed E-state index contributed by atoms with van der Waals surface area (Å²) in [5.41, 5.74) is 5.94.